The minimum absolute atomic E-state index is 0.0838. The van der Waals surface area contributed by atoms with Crippen LogP contribution in [0.25, 0.3) is 10.2 Å². The van der Waals surface area contributed by atoms with Gasteiger partial charge in [-0.1, -0.05) is 40.6 Å². The van der Waals surface area contributed by atoms with E-state index in [4.69, 9.17) is 11.6 Å². The maximum Gasteiger partial charge on any atom is 0.249 e. The third-order valence-electron chi connectivity index (χ3n) is 3.79. The molecular formula is C19H19ClN2OS2. The number of aromatic nitrogens is 1. The Balaban J connectivity index is 1.72. The SMILES string of the molecule is CCn1c(=NC(=O)CCSc2ccc(C)cc2)sc2cc(Cl)ccc21. The van der Waals surface area contributed by atoms with Crippen molar-refractivity contribution < 1.29 is 4.79 Å². The van der Waals surface area contributed by atoms with Gasteiger partial charge in [0.2, 0.25) is 5.91 Å². The quantitative estimate of drug-likeness (QED) is 0.554. The van der Waals surface area contributed by atoms with Crippen LogP contribution in [0.3, 0.4) is 0 Å². The Kier molecular flexibility index (Phi) is 5.99. The van der Waals surface area contributed by atoms with E-state index in [2.05, 4.69) is 47.7 Å². The van der Waals surface area contributed by atoms with Crippen LogP contribution < -0.4 is 4.80 Å². The number of thioether (sulfide) groups is 1. The molecule has 0 aliphatic heterocycles. The molecule has 0 atom stereocenters. The highest BCUT2D eigenvalue weighted by molar-refractivity contribution is 7.99. The van der Waals surface area contributed by atoms with E-state index in [1.807, 2.05) is 18.2 Å². The predicted molar refractivity (Wildman–Crippen MR) is 108 cm³/mol. The molecule has 1 heterocycles. The number of rotatable bonds is 5. The molecule has 3 rings (SSSR count). The predicted octanol–water partition coefficient (Wildman–Crippen LogP) is 5.29. The Labute approximate surface area is 160 Å². The molecule has 25 heavy (non-hydrogen) atoms. The first-order valence-corrected chi connectivity index (χ1v) is 10.3. The lowest BCUT2D eigenvalue weighted by Gasteiger charge is -2.01. The number of thiazole rings is 1. The Bertz CT molecular complexity index is 958. The van der Waals surface area contributed by atoms with Crippen molar-refractivity contribution in [1.82, 2.24) is 4.57 Å². The first-order valence-electron chi connectivity index (χ1n) is 8.12. The lowest BCUT2D eigenvalue weighted by molar-refractivity contribution is -0.117. The van der Waals surface area contributed by atoms with Crippen LogP contribution in [0.1, 0.15) is 18.9 Å². The normalized spacial score (nSPS) is 12.0. The molecule has 0 aliphatic rings. The third kappa shape index (κ3) is 4.54. The van der Waals surface area contributed by atoms with Crippen LogP contribution >= 0.6 is 34.7 Å². The number of carbonyl (C=O) groups is 1. The highest BCUT2D eigenvalue weighted by Gasteiger charge is 2.07. The zero-order valence-electron chi connectivity index (χ0n) is 14.2. The van der Waals surface area contributed by atoms with Crippen LogP contribution in [0.15, 0.2) is 52.4 Å². The standard InChI is InChI=1S/C19H19ClN2OS2/c1-3-22-16-9-6-14(20)12-17(16)25-19(22)21-18(23)10-11-24-15-7-4-13(2)5-8-15/h4-9,12H,3,10-11H2,1-2H3. The van der Waals surface area contributed by atoms with Crippen LogP contribution in [-0.2, 0) is 11.3 Å². The summed E-state index contributed by atoms with van der Waals surface area (Å²) in [4.78, 5) is 18.5. The molecule has 1 aromatic heterocycles. The number of aryl methyl sites for hydroxylation is 2. The number of benzene rings is 2. The molecule has 0 bridgehead atoms. The molecule has 0 aliphatic carbocycles. The highest BCUT2D eigenvalue weighted by atomic mass is 35.5. The second-order valence-electron chi connectivity index (χ2n) is 5.66. The van der Waals surface area contributed by atoms with Crippen molar-refractivity contribution in [3.8, 4) is 0 Å². The maximum atomic E-state index is 12.3. The van der Waals surface area contributed by atoms with Crippen LogP contribution in [0.5, 0.6) is 0 Å². The number of amides is 1. The van der Waals surface area contributed by atoms with E-state index in [1.165, 1.54) is 21.8 Å². The monoisotopic (exact) mass is 390 g/mol. The molecule has 0 spiro atoms. The second kappa shape index (κ2) is 8.21. The maximum absolute atomic E-state index is 12.3. The van der Waals surface area contributed by atoms with E-state index in [-0.39, 0.29) is 5.91 Å². The molecule has 0 saturated carbocycles. The van der Waals surface area contributed by atoms with Gasteiger partial charge >= 0.3 is 0 Å². The van der Waals surface area contributed by atoms with E-state index >= 15 is 0 Å². The summed E-state index contributed by atoms with van der Waals surface area (Å²) in [5.74, 6) is 0.647. The van der Waals surface area contributed by atoms with E-state index in [0.717, 1.165) is 27.3 Å². The molecular weight excluding hydrogens is 372 g/mol. The summed E-state index contributed by atoms with van der Waals surface area (Å²) >= 11 is 9.25. The average Bonchev–Trinajstić information content (AvgIpc) is 2.92. The molecule has 0 radical (unpaired) electrons. The van der Waals surface area contributed by atoms with Gasteiger partial charge in [-0.05, 0) is 44.2 Å². The van der Waals surface area contributed by atoms with E-state index in [0.29, 0.717) is 11.4 Å². The van der Waals surface area contributed by atoms with Gasteiger partial charge in [0.25, 0.3) is 0 Å². The molecule has 1 amide bonds. The number of halogens is 1. The fraction of sp³-hybridized carbons (Fsp3) is 0.263. The number of carbonyl (C=O) groups excluding carboxylic acids is 1. The van der Waals surface area contributed by atoms with Gasteiger partial charge in [-0.2, -0.15) is 4.99 Å². The van der Waals surface area contributed by atoms with Crippen LogP contribution in [0.4, 0.5) is 0 Å². The first-order chi connectivity index (χ1) is 12.1. The smallest absolute Gasteiger partial charge is 0.249 e. The molecule has 2 aromatic carbocycles. The molecule has 0 unspecified atom stereocenters. The van der Waals surface area contributed by atoms with Gasteiger partial charge in [0.05, 0.1) is 10.2 Å². The minimum atomic E-state index is -0.0838. The Morgan fingerprint density at radius 1 is 1.24 bits per heavy atom. The van der Waals surface area contributed by atoms with Gasteiger partial charge < -0.3 is 4.57 Å². The Morgan fingerprint density at radius 3 is 2.72 bits per heavy atom. The topological polar surface area (TPSA) is 34.4 Å². The minimum Gasteiger partial charge on any atom is -0.317 e. The summed E-state index contributed by atoms with van der Waals surface area (Å²) in [6, 6.07) is 14.1. The lowest BCUT2D eigenvalue weighted by atomic mass is 10.2. The molecule has 0 N–H and O–H groups in total. The first kappa shape index (κ1) is 18.2. The van der Waals surface area contributed by atoms with E-state index in [1.54, 1.807) is 11.8 Å². The number of hydrogen-bond donors (Lipinski definition) is 0. The summed E-state index contributed by atoms with van der Waals surface area (Å²) in [5, 5.41) is 0.698. The van der Waals surface area contributed by atoms with Gasteiger partial charge in [-0.3, -0.25) is 4.79 Å². The zero-order valence-corrected chi connectivity index (χ0v) is 16.5. The van der Waals surface area contributed by atoms with Crippen molar-refractivity contribution in [2.45, 2.75) is 31.7 Å². The molecule has 130 valence electrons. The zero-order chi connectivity index (χ0) is 17.8. The van der Waals surface area contributed by atoms with E-state index in [9.17, 15) is 4.79 Å². The number of nitrogens with zero attached hydrogens (tertiary/aromatic N) is 2. The third-order valence-corrected chi connectivity index (χ3v) is 6.08. The van der Waals surface area contributed by atoms with Gasteiger partial charge in [-0.15, -0.1) is 11.8 Å². The molecule has 3 aromatic rings. The summed E-state index contributed by atoms with van der Waals surface area (Å²) < 4.78 is 3.11. The average molecular weight is 391 g/mol. The van der Waals surface area contributed by atoms with Crippen molar-refractivity contribution in [1.29, 1.82) is 0 Å². The van der Waals surface area contributed by atoms with Crippen molar-refractivity contribution in [3.63, 3.8) is 0 Å². The van der Waals surface area contributed by atoms with Crippen LogP contribution in [-0.4, -0.2) is 16.2 Å². The van der Waals surface area contributed by atoms with Gasteiger partial charge in [0.15, 0.2) is 4.80 Å². The summed E-state index contributed by atoms with van der Waals surface area (Å²) in [6.07, 6.45) is 0.428. The summed E-state index contributed by atoms with van der Waals surface area (Å²) in [5.41, 5.74) is 2.31. The van der Waals surface area contributed by atoms with Crippen LogP contribution in [0, 0.1) is 6.92 Å². The van der Waals surface area contributed by atoms with Crippen LogP contribution in [0.2, 0.25) is 5.02 Å². The highest BCUT2D eigenvalue weighted by Crippen LogP contribution is 2.22. The van der Waals surface area contributed by atoms with Crippen molar-refractivity contribution in [2.75, 3.05) is 5.75 Å². The molecule has 0 saturated heterocycles. The largest absolute Gasteiger partial charge is 0.317 e. The van der Waals surface area contributed by atoms with Gasteiger partial charge in [0.1, 0.15) is 0 Å². The molecule has 3 nitrogen and oxygen atoms in total. The Hall–Kier alpha value is -1.56. The van der Waals surface area contributed by atoms with Gasteiger partial charge in [-0.25, -0.2) is 0 Å². The number of fused-ring (bicyclic) bond motifs is 1. The Morgan fingerprint density at radius 2 is 2.00 bits per heavy atom. The molecule has 0 fully saturated rings. The molecule has 6 heteroatoms. The fourth-order valence-corrected chi connectivity index (χ4v) is 4.72. The lowest BCUT2D eigenvalue weighted by Crippen LogP contribution is -2.15. The van der Waals surface area contributed by atoms with Crippen molar-refractivity contribution in [3.05, 3.63) is 57.9 Å². The van der Waals surface area contributed by atoms with E-state index < -0.39 is 0 Å². The number of hydrogen-bond acceptors (Lipinski definition) is 3. The summed E-state index contributed by atoms with van der Waals surface area (Å²) in [6.45, 7) is 4.89. The van der Waals surface area contributed by atoms with Crippen molar-refractivity contribution in [2.24, 2.45) is 4.99 Å². The second-order valence-corrected chi connectivity index (χ2v) is 8.27. The fourth-order valence-electron chi connectivity index (χ4n) is 2.49. The van der Waals surface area contributed by atoms with Crippen molar-refractivity contribution >= 4 is 50.8 Å². The summed E-state index contributed by atoms with van der Waals surface area (Å²) in [7, 11) is 0. The van der Waals surface area contributed by atoms with Gasteiger partial charge in [0, 0.05) is 28.6 Å².